The van der Waals surface area contributed by atoms with Crippen LogP contribution in [0.3, 0.4) is 0 Å². The van der Waals surface area contributed by atoms with E-state index in [1.54, 1.807) is 36.3 Å². The number of guanidine groups is 1. The Hall–Kier alpha value is -2.95. The smallest absolute Gasteiger partial charge is 0.246 e. The Morgan fingerprint density at radius 2 is 1.77 bits per heavy atom. The molecule has 0 spiro atoms. The molecule has 2 aromatic carbocycles. The van der Waals surface area contributed by atoms with E-state index < -0.39 is 0 Å². The van der Waals surface area contributed by atoms with E-state index in [2.05, 4.69) is 26.0 Å². The summed E-state index contributed by atoms with van der Waals surface area (Å²) in [5.74, 6) is 0.187. The molecule has 0 saturated heterocycles. The van der Waals surface area contributed by atoms with E-state index in [-0.39, 0.29) is 42.2 Å². The molecular formula is C21H24FIN6O. The van der Waals surface area contributed by atoms with Crippen LogP contribution in [0.1, 0.15) is 11.1 Å². The van der Waals surface area contributed by atoms with Crippen molar-refractivity contribution in [3.05, 3.63) is 83.9 Å². The second-order valence-electron chi connectivity index (χ2n) is 6.36. The van der Waals surface area contributed by atoms with Crippen molar-refractivity contribution in [2.75, 3.05) is 12.4 Å². The monoisotopic (exact) mass is 522 g/mol. The molecule has 3 rings (SSSR count). The Morgan fingerprint density at radius 3 is 2.40 bits per heavy atom. The standard InChI is InChI=1S/C21H23FN6O.HI/c1-23-21(24-13-16-5-2-7-18(22)11-16)25-14-17-6-3-8-19(12-17)27-20(29)15-28-10-4-9-26-28;/h2-12H,13-15H2,1H3,(H,27,29)(H2,23,24,25);1H. The second kappa shape index (κ2) is 11.9. The number of anilines is 1. The number of carbonyl (C=O) groups excluding carboxylic acids is 1. The average Bonchev–Trinajstić information content (AvgIpc) is 3.21. The molecule has 0 bridgehead atoms. The van der Waals surface area contributed by atoms with Crippen LogP contribution in [-0.4, -0.2) is 28.7 Å². The van der Waals surface area contributed by atoms with Gasteiger partial charge >= 0.3 is 0 Å². The van der Waals surface area contributed by atoms with Crippen LogP contribution in [0.4, 0.5) is 10.1 Å². The minimum absolute atomic E-state index is 0. The molecule has 0 aliphatic heterocycles. The summed E-state index contributed by atoms with van der Waals surface area (Å²) in [7, 11) is 1.67. The van der Waals surface area contributed by atoms with Crippen LogP contribution >= 0.6 is 24.0 Å². The lowest BCUT2D eigenvalue weighted by molar-refractivity contribution is -0.116. The minimum atomic E-state index is -0.265. The van der Waals surface area contributed by atoms with Gasteiger partial charge in [-0.05, 0) is 41.5 Å². The Labute approximate surface area is 191 Å². The van der Waals surface area contributed by atoms with Crippen LogP contribution in [0.15, 0.2) is 72.0 Å². The second-order valence-corrected chi connectivity index (χ2v) is 6.36. The van der Waals surface area contributed by atoms with Crippen molar-refractivity contribution < 1.29 is 9.18 Å². The van der Waals surface area contributed by atoms with Crippen molar-refractivity contribution in [1.82, 2.24) is 20.4 Å². The van der Waals surface area contributed by atoms with Crippen molar-refractivity contribution in [2.24, 2.45) is 4.99 Å². The van der Waals surface area contributed by atoms with Crippen LogP contribution in [0.25, 0.3) is 0 Å². The van der Waals surface area contributed by atoms with E-state index in [9.17, 15) is 9.18 Å². The predicted molar refractivity (Wildman–Crippen MR) is 126 cm³/mol. The van der Waals surface area contributed by atoms with Gasteiger partial charge in [0.05, 0.1) is 0 Å². The first kappa shape index (κ1) is 23.3. The first-order valence-corrected chi connectivity index (χ1v) is 9.17. The van der Waals surface area contributed by atoms with Gasteiger partial charge in [-0.2, -0.15) is 5.10 Å². The van der Waals surface area contributed by atoms with Crippen LogP contribution in [0, 0.1) is 5.82 Å². The van der Waals surface area contributed by atoms with Gasteiger partial charge in [0.2, 0.25) is 5.91 Å². The number of rotatable bonds is 7. The highest BCUT2D eigenvalue weighted by atomic mass is 127. The molecule has 0 aliphatic carbocycles. The molecule has 0 unspecified atom stereocenters. The predicted octanol–water partition coefficient (Wildman–Crippen LogP) is 3.14. The topological polar surface area (TPSA) is 83.3 Å². The number of hydrogen-bond acceptors (Lipinski definition) is 3. The molecule has 0 saturated carbocycles. The average molecular weight is 522 g/mol. The number of benzene rings is 2. The molecule has 0 atom stereocenters. The first-order chi connectivity index (χ1) is 14.1. The van der Waals surface area contributed by atoms with Crippen LogP contribution < -0.4 is 16.0 Å². The highest BCUT2D eigenvalue weighted by Gasteiger charge is 2.05. The van der Waals surface area contributed by atoms with E-state index >= 15 is 0 Å². The summed E-state index contributed by atoms with van der Waals surface area (Å²) in [6.45, 7) is 1.14. The maximum atomic E-state index is 13.3. The van der Waals surface area contributed by atoms with Crippen molar-refractivity contribution in [3.8, 4) is 0 Å². The molecule has 1 heterocycles. The molecule has 7 nitrogen and oxygen atoms in total. The molecule has 0 aliphatic rings. The number of nitrogens with one attached hydrogen (secondary N) is 3. The van der Waals surface area contributed by atoms with Crippen LogP contribution in [0.2, 0.25) is 0 Å². The highest BCUT2D eigenvalue weighted by Crippen LogP contribution is 2.11. The molecular weight excluding hydrogens is 498 g/mol. The molecule has 1 amide bonds. The lowest BCUT2D eigenvalue weighted by atomic mass is 10.2. The van der Waals surface area contributed by atoms with Crippen molar-refractivity contribution in [3.63, 3.8) is 0 Å². The zero-order valence-corrected chi connectivity index (χ0v) is 18.8. The van der Waals surface area contributed by atoms with E-state index in [4.69, 9.17) is 0 Å². The van der Waals surface area contributed by atoms with Crippen molar-refractivity contribution >= 4 is 41.5 Å². The Kier molecular flexibility index (Phi) is 9.26. The Balaban J connectivity index is 0.00000320. The SMILES string of the molecule is CN=C(NCc1cccc(F)c1)NCc1cccc(NC(=O)Cn2cccn2)c1.I. The number of hydrogen-bond donors (Lipinski definition) is 3. The Bertz CT molecular complexity index is 977. The third-order valence-corrected chi connectivity index (χ3v) is 4.11. The quantitative estimate of drug-likeness (QED) is 0.253. The summed E-state index contributed by atoms with van der Waals surface area (Å²) in [6, 6.07) is 15.8. The van der Waals surface area contributed by atoms with Gasteiger partial charge in [0.25, 0.3) is 0 Å². The lowest BCUT2D eigenvalue weighted by Crippen LogP contribution is -2.36. The van der Waals surface area contributed by atoms with Gasteiger partial charge in [-0.25, -0.2) is 4.39 Å². The number of nitrogens with zero attached hydrogens (tertiary/aromatic N) is 3. The van der Waals surface area contributed by atoms with Gasteiger partial charge in [-0.3, -0.25) is 14.5 Å². The molecule has 158 valence electrons. The van der Waals surface area contributed by atoms with Crippen LogP contribution in [0.5, 0.6) is 0 Å². The fraction of sp³-hybridized carbons (Fsp3) is 0.190. The van der Waals surface area contributed by atoms with E-state index in [0.717, 1.165) is 11.1 Å². The zero-order valence-electron chi connectivity index (χ0n) is 16.5. The van der Waals surface area contributed by atoms with Crippen molar-refractivity contribution in [1.29, 1.82) is 0 Å². The molecule has 3 aromatic rings. The summed E-state index contributed by atoms with van der Waals surface area (Å²) in [6.07, 6.45) is 3.37. The van der Waals surface area contributed by atoms with Gasteiger partial charge in [0.15, 0.2) is 5.96 Å². The summed E-state index contributed by atoms with van der Waals surface area (Å²) >= 11 is 0. The summed E-state index contributed by atoms with van der Waals surface area (Å²) < 4.78 is 14.8. The number of amides is 1. The van der Waals surface area contributed by atoms with Gasteiger partial charge in [-0.1, -0.05) is 24.3 Å². The largest absolute Gasteiger partial charge is 0.352 e. The summed E-state index contributed by atoms with van der Waals surface area (Å²) in [4.78, 5) is 16.3. The Morgan fingerprint density at radius 1 is 1.07 bits per heavy atom. The fourth-order valence-electron chi connectivity index (χ4n) is 2.74. The van der Waals surface area contributed by atoms with Gasteiger partial charge in [0, 0.05) is 38.2 Å². The van der Waals surface area contributed by atoms with Gasteiger partial charge in [0.1, 0.15) is 12.4 Å². The highest BCUT2D eigenvalue weighted by molar-refractivity contribution is 14.0. The van der Waals surface area contributed by atoms with Crippen molar-refractivity contribution in [2.45, 2.75) is 19.6 Å². The normalized spacial score (nSPS) is 10.8. The lowest BCUT2D eigenvalue weighted by Gasteiger charge is -2.13. The molecule has 9 heteroatoms. The number of carbonyl (C=O) groups is 1. The molecule has 0 fully saturated rings. The summed E-state index contributed by atoms with van der Waals surface area (Å²) in [5, 5.41) is 13.2. The zero-order chi connectivity index (χ0) is 20.5. The maximum absolute atomic E-state index is 13.3. The minimum Gasteiger partial charge on any atom is -0.352 e. The number of halogens is 2. The van der Waals surface area contributed by atoms with Crippen LogP contribution in [-0.2, 0) is 24.4 Å². The van der Waals surface area contributed by atoms with E-state index in [1.165, 1.54) is 12.1 Å². The number of aromatic nitrogens is 2. The first-order valence-electron chi connectivity index (χ1n) is 9.17. The van der Waals surface area contributed by atoms with E-state index in [0.29, 0.717) is 24.7 Å². The molecule has 3 N–H and O–H groups in total. The van der Waals surface area contributed by atoms with E-state index in [1.807, 2.05) is 30.3 Å². The molecule has 30 heavy (non-hydrogen) atoms. The van der Waals surface area contributed by atoms with Gasteiger partial charge < -0.3 is 16.0 Å². The maximum Gasteiger partial charge on any atom is 0.246 e. The molecule has 1 aromatic heterocycles. The molecule has 0 radical (unpaired) electrons. The third-order valence-electron chi connectivity index (χ3n) is 4.11. The summed E-state index contributed by atoms with van der Waals surface area (Å²) in [5.41, 5.74) is 2.52. The fourth-order valence-corrected chi connectivity index (χ4v) is 2.74. The third kappa shape index (κ3) is 7.47. The van der Waals surface area contributed by atoms with Gasteiger partial charge in [-0.15, -0.1) is 24.0 Å². The number of aliphatic imine (C=N–C) groups is 1.